The van der Waals surface area contributed by atoms with Gasteiger partial charge in [0.1, 0.15) is 0 Å². The molecular weight excluding hydrogens is 194 g/mol. The summed E-state index contributed by atoms with van der Waals surface area (Å²) in [5, 5.41) is 30.4. The van der Waals surface area contributed by atoms with Crippen LogP contribution < -0.4 is 5.32 Å². The molecule has 4 nitrogen and oxygen atoms in total. The molecule has 0 fully saturated rings. The maximum atomic E-state index is 9.11. The molecule has 1 atom stereocenters. The molecule has 0 saturated carbocycles. The molecule has 0 heterocycles. The highest BCUT2D eigenvalue weighted by Gasteiger charge is 2.28. The Bertz CT molecular complexity index is 194. The molecule has 0 bridgehead atoms. The summed E-state index contributed by atoms with van der Waals surface area (Å²) in [5.41, 5.74) is -0.929. The lowest BCUT2D eigenvalue weighted by atomic mass is 9.93. The zero-order chi connectivity index (χ0) is 11.1. The topological polar surface area (TPSA) is 72.7 Å². The van der Waals surface area contributed by atoms with Gasteiger partial charge in [-0.05, 0) is 31.7 Å². The maximum absolute atomic E-state index is 9.11. The third-order valence-electron chi connectivity index (χ3n) is 3.05. The molecule has 1 rings (SSSR count). The van der Waals surface area contributed by atoms with Crippen molar-refractivity contribution in [2.75, 3.05) is 26.4 Å². The highest BCUT2D eigenvalue weighted by Crippen LogP contribution is 2.18. The van der Waals surface area contributed by atoms with Crippen LogP contribution in [0.3, 0.4) is 0 Å². The van der Waals surface area contributed by atoms with Crippen LogP contribution in [0.1, 0.15) is 19.3 Å². The smallest absolute Gasteiger partial charge is 0.0881 e. The largest absolute Gasteiger partial charge is 0.394 e. The number of rotatable bonds is 6. The van der Waals surface area contributed by atoms with Gasteiger partial charge in [-0.3, -0.25) is 0 Å². The average molecular weight is 215 g/mol. The van der Waals surface area contributed by atoms with Gasteiger partial charge in [-0.2, -0.15) is 0 Å². The standard InChI is InChI=1S/C11H21NO3/c13-7-11(8-14,9-15)12-6-10-4-2-1-3-5-10/h1-2,10,12-15H,3-9H2. The summed E-state index contributed by atoms with van der Waals surface area (Å²) < 4.78 is 0. The summed E-state index contributed by atoms with van der Waals surface area (Å²) in [6.07, 6.45) is 7.59. The van der Waals surface area contributed by atoms with Crippen molar-refractivity contribution in [1.29, 1.82) is 0 Å². The molecule has 0 amide bonds. The first-order valence-corrected chi connectivity index (χ1v) is 5.49. The Morgan fingerprint density at radius 1 is 1.13 bits per heavy atom. The molecular formula is C11H21NO3. The van der Waals surface area contributed by atoms with Gasteiger partial charge in [0.05, 0.1) is 25.4 Å². The van der Waals surface area contributed by atoms with Crippen molar-refractivity contribution in [3.8, 4) is 0 Å². The lowest BCUT2D eigenvalue weighted by Gasteiger charge is -2.31. The van der Waals surface area contributed by atoms with Crippen LogP contribution >= 0.6 is 0 Å². The van der Waals surface area contributed by atoms with Crippen LogP contribution in [0, 0.1) is 5.92 Å². The van der Waals surface area contributed by atoms with E-state index in [1.807, 2.05) is 0 Å². The summed E-state index contributed by atoms with van der Waals surface area (Å²) >= 11 is 0. The van der Waals surface area contributed by atoms with Crippen LogP contribution in [0.25, 0.3) is 0 Å². The van der Waals surface area contributed by atoms with Crippen molar-refractivity contribution in [2.24, 2.45) is 5.92 Å². The minimum Gasteiger partial charge on any atom is -0.394 e. The van der Waals surface area contributed by atoms with E-state index in [4.69, 9.17) is 15.3 Å². The zero-order valence-electron chi connectivity index (χ0n) is 9.02. The highest BCUT2D eigenvalue weighted by molar-refractivity contribution is 4.93. The first-order chi connectivity index (χ1) is 7.26. The Kier molecular flexibility index (Phi) is 5.25. The van der Waals surface area contributed by atoms with Gasteiger partial charge >= 0.3 is 0 Å². The molecule has 0 aromatic heterocycles. The lowest BCUT2D eigenvalue weighted by Crippen LogP contribution is -2.56. The number of allylic oxidation sites excluding steroid dienone is 2. The van der Waals surface area contributed by atoms with Crippen LogP contribution in [0.4, 0.5) is 0 Å². The molecule has 0 saturated heterocycles. The van der Waals surface area contributed by atoms with Crippen LogP contribution in [0.2, 0.25) is 0 Å². The monoisotopic (exact) mass is 215 g/mol. The summed E-state index contributed by atoms with van der Waals surface area (Å²) in [6.45, 7) is -0.0142. The van der Waals surface area contributed by atoms with Crippen molar-refractivity contribution in [1.82, 2.24) is 5.32 Å². The first kappa shape index (κ1) is 12.6. The average Bonchev–Trinajstić information content (AvgIpc) is 2.33. The quantitative estimate of drug-likeness (QED) is 0.457. The number of nitrogens with one attached hydrogen (secondary N) is 1. The fourth-order valence-corrected chi connectivity index (χ4v) is 1.72. The van der Waals surface area contributed by atoms with Crippen molar-refractivity contribution >= 4 is 0 Å². The van der Waals surface area contributed by atoms with Gasteiger partial charge in [0.2, 0.25) is 0 Å². The van der Waals surface area contributed by atoms with Crippen LogP contribution in [0.5, 0.6) is 0 Å². The summed E-state index contributed by atoms with van der Waals surface area (Å²) in [6, 6.07) is 0. The second-order valence-corrected chi connectivity index (χ2v) is 4.29. The van der Waals surface area contributed by atoms with E-state index in [2.05, 4.69) is 17.5 Å². The predicted octanol–water partition coefficient (Wildman–Crippen LogP) is -0.352. The van der Waals surface area contributed by atoms with Gasteiger partial charge < -0.3 is 20.6 Å². The Balaban J connectivity index is 2.35. The van der Waals surface area contributed by atoms with Gasteiger partial charge in [0.15, 0.2) is 0 Å². The molecule has 0 aromatic carbocycles. The van der Waals surface area contributed by atoms with Crippen molar-refractivity contribution < 1.29 is 15.3 Å². The third-order valence-corrected chi connectivity index (χ3v) is 3.05. The summed E-state index contributed by atoms with van der Waals surface area (Å²) in [7, 11) is 0. The molecule has 0 aliphatic heterocycles. The molecule has 1 unspecified atom stereocenters. The number of aliphatic hydroxyl groups excluding tert-OH is 3. The van der Waals surface area contributed by atoms with Gasteiger partial charge in [-0.25, -0.2) is 0 Å². The van der Waals surface area contributed by atoms with E-state index < -0.39 is 5.54 Å². The Hall–Kier alpha value is -0.420. The van der Waals surface area contributed by atoms with Crippen molar-refractivity contribution in [3.63, 3.8) is 0 Å². The van der Waals surface area contributed by atoms with E-state index >= 15 is 0 Å². The molecule has 1 aliphatic carbocycles. The second-order valence-electron chi connectivity index (χ2n) is 4.29. The molecule has 0 spiro atoms. The maximum Gasteiger partial charge on any atom is 0.0881 e. The summed E-state index contributed by atoms with van der Waals surface area (Å²) in [4.78, 5) is 0. The first-order valence-electron chi connectivity index (χ1n) is 5.49. The predicted molar refractivity (Wildman–Crippen MR) is 58.5 cm³/mol. The zero-order valence-corrected chi connectivity index (χ0v) is 9.02. The van der Waals surface area contributed by atoms with E-state index in [1.165, 1.54) is 0 Å². The number of hydrogen-bond acceptors (Lipinski definition) is 4. The van der Waals surface area contributed by atoms with E-state index in [0.717, 1.165) is 25.8 Å². The summed E-state index contributed by atoms with van der Waals surface area (Å²) in [5.74, 6) is 0.541. The Morgan fingerprint density at radius 3 is 2.27 bits per heavy atom. The van der Waals surface area contributed by atoms with E-state index in [0.29, 0.717) is 5.92 Å². The van der Waals surface area contributed by atoms with Crippen LogP contribution in [-0.4, -0.2) is 47.2 Å². The Labute approximate surface area is 90.6 Å². The minimum absolute atomic E-state index is 0.247. The minimum atomic E-state index is -0.929. The molecule has 4 heteroatoms. The van der Waals surface area contributed by atoms with Crippen LogP contribution in [-0.2, 0) is 0 Å². The normalized spacial score (nSPS) is 21.9. The SMILES string of the molecule is OCC(CO)(CO)NCC1CC=CCC1. The fraction of sp³-hybridized carbons (Fsp3) is 0.818. The van der Waals surface area contributed by atoms with Crippen molar-refractivity contribution in [3.05, 3.63) is 12.2 Å². The third kappa shape index (κ3) is 3.57. The van der Waals surface area contributed by atoms with E-state index in [9.17, 15) is 0 Å². The molecule has 4 N–H and O–H groups in total. The van der Waals surface area contributed by atoms with Gasteiger partial charge in [-0.15, -0.1) is 0 Å². The fourth-order valence-electron chi connectivity index (χ4n) is 1.72. The van der Waals surface area contributed by atoms with Gasteiger partial charge in [-0.1, -0.05) is 12.2 Å². The number of hydrogen-bond donors (Lipinski definition) is 4. The Morgan fingerprint density at radius 2 is 1.80 bits per heavy atom. The molecule has 1 aliphatic rings. The van der Waals surface area contributed by atoms with Gasteiger partial charge in [0, 0.05) is 0 Å². The van der Waals surface area contributed by atoms with Gasteiger partial charge in [0.25, 0.3) is 0 Å². The van der Waals surface area contributed by atoms with Crippen molar-refractivity contribution in [2.45, 2.75) is 24.8 Å². The molecule has 88 valence electrons. The van der Waals surface area contributed by atoms with E-state index in [-0.39, 0.29) is 19.8 Å². The molecule has 0 aromatic rings. The molecule has 0 radical (unpaired) electrons. The number of aliphatic hydroxyl groups is 3. The van der Waals surface area contributed by atoms with Crippen LogP contribution in [0.15, 0.2) is 12.2 Å². The lowest BCUT2D eigenvalue weighted by molar-refractivity contribution is 0.0396. The highest BCUT2D eigenvalue weighted by atomic mass is 16.3. The second kappa shape index (κ2) is 6.23. The molecule has 15 heavy (non-hydrogen) atoms. The van der Waals surface area contributed by atoms with E-state index in [1.54, 1.807) is 0 Å².